The van der Waals surface area contributed by atoms with Crippen molar-refractivity contribution >= 4 is 45.1 Å². The molecular weight excluding hydrogens is 431 g/mol. The van der Waals surface area contributed by atoms with Gasteiger partial charge in [-0.1, -0.05) is 15.9 Å². The van der Waals surface area contributed by atoms with Crippen LogP contribution in [-0.2, 0) is 19.1 Å². The van der Waals surface area contributed by atoms with Gasteiger partial charge in [-0.3, -0.25) is 14.4 Å². The second-order valence-electron chi connectivity index (χ2n) is 6.50. The number of esters is 1. The number of nitrogens with zero attached hydrogens (tertiary/aromatic N) is 1. The number of halogens is 2. The fourth-order valence-corrected chi connectivity index (χ4v) is 3.16. The second kappa shape index (κ2) is 8.52. The fourth-order valence-electron chi connectivity index (χ4n) is 2.91. The van der Waals surface area contributed by atoms with Gasteiger partial charge in [0, 0.05) is 28.8 Å². The lowest BCUT2D eigenvalue weighted by Gasteiger charge is -2.16. The Morgan fingerprint density at radius 2 is 1.96 bits per heavy atom. The molecule has 1 saturated heterocycles. The number of amides is 2. The molecule has 0 aliphatic carbocycles. The Morgan fingerprint density at radius 3 is 2.64 bits per heavy atom. The van der Waals surface area contributed by atoms with Crippen LogP contribution in [0.2, 0.25) is 0 Å². The zero-order valence-corrected chi connectivity index (χ0v) is 16.7. The third kappa shape index (κ3) is 4.75. The standard InChI is InChI=1S/C20H18BrFN2O4/c1-12-8-15(4-7-17(12)21)23-18(25)11-28-20(27)13-9-19(26)24(10-13)16-5-2-14(22)3-6-16/h2-8,13H,9-11H2,1H3,(H,23,25)/t13-/m1/s1. The van der Waals surface area contributed by atoms with Gasteiger partial charge in [-0.2, -0.15) is 0 Å². The third-order valence-corrected chi connectivity index (χ3v) is 5.27. The van der Waals surface area contributed by atoms with Crippen LogP contribution in [0.5, 0.6) is 0 Å². The molecule has 0 bridgehead atoms. The van der Waals surface area contributed by atoms with Gasteiger partial charge >= 0.3 is 5.97 Å². The molecule has 8 heteroatoms. The molecule has 0 radical (unpaired) electrons. The number of hydrogen-bond donors (Lipinski definition) is 1. The molecule has 3 rings (SSSR count). The molecule has 0 aromatic heterocycles. The van der Waals surface area contributed by atoms with E-state index in [9.17, 15) is 18.8 Å². The van der Waals surface area contributed by atoms with Crippen LogP contribution in [-0.4, -0.2) is 30.9 Å². The summed E-state index contributed by atoms with van der Waals surface area (Å²) in [6.07, 6.45) is -0.0102. The Kier molecular flexibility index (Phi) is 6.08. The second-order valence-corrected chi connectivity index (χ2v) is 7.36. The van der Waals surface area contributed by atoms with E-state index < -0.39 is 30.2 Å². The molecule has 1 N–H and O–H groups in total. The highest BCUT2D eigenvalue weighted by molar-refractivity contribution is 9.10. The van der Waals surface area contributed by atoms with Crippen LogP contribution in [0.15, 0.2) is 46.9 Å². The molecule has 0 spiro atoms. The molecule has 6 nitrogen and oxygen atoms in total. The summed E-state index contributed by atoms with van der Waals surface area (Å²) in [5.41, 5.74) is 2.07. The Bertz CT molecular complexity index is 917. The maximum atomic E-state index is 13.0. The monoisotopic (exact) mass is 448 g/mol. The molecular formula is C20H18BrFN2O4. The zero-order chi connectivity index (χ0) is 20.3. The van der Waals surface area contributed by atoms with Crippen molar-refractivity contribution in [3.8, 4) is 0 Å². The van der Waals surface area contributed by atoms with Crippen molar-refractivity contribution in [1.82, 2.24) is 0 Å². The van der Waals surface area contributed by atoms with Gasteiger partial charge < -0.3 is 15.0 Å². The van der Waals surface area contributed by atoms with Gasteiger partial charge in [-0.15, -0.1) is 0 Å². The molecule has 1 atom stereocenters. The van der Waals surface area contributed by atoms with Gasteiger partial charge in [-0.05, 0) is 55.0 Å². The van der Waals surface area contributed by atoms with Crippen LogP contribution in [0, 0.1) is 18.7 Å². The number of hydrogen-bond acceptors (Lipinski definition) is 4. The molecule has 1 aliphatic rings. The molecule has 1 aliphatic heterocycles. The Balaban J connectivity index is 1.52. The summed E-state index contributed by atoms with van der Waals surface area (Å²) in [4.78, 5) is 37.8. The number of anilines is 2. The molecule has 2 amide bonds. The summed E-state index contributed by atoms with van der Waals surface area (Å²) in [6.45, 7) is 1.59. The molecule has 2 aromatic carbocycles. The lowest BCUT2D eigenvalue weighted by atomic mass is 10.1. The molecule has 1 heterocycles. The van der Waals surface area contributed by atoms with E-state index in [1.807, 2.05) is 13.0 Å². The Morgan fingerprint density at radius 1 is 1.25 bits per heavy atom. The molecule has 146 valence electrons. The van der Waals surface area contributed by atoms with Gasteiger partial charge in [0.25, 0.3) is 5.91 Å². The first-order valence-electron chi connectivity index (χ1n) is 8.62. The van der Waals surface area contributed by atoms with E-state index in [1.54, 1.807) is 12.1 Å². The summed E-state index contributed by atoms with van der Waals surface area (Å²) >= 11 is 3.38. The van der Waals surface area contributed by atoms with Crippen molar-refractivity contribution in [3.63, 3.8) is 0 Å². The number of aryl methyl sites for hydroxylation is 1. The molecule has 28 heavy (non-hydrogen) atoms. The molecule has 2 aromatic rings. The molecule has 0 saturated carbocycles. The van der Waals surface area contributed by atoms with Crippen molar-refractivity contribution in [2.75, 3.05) is 23.4 Å². The van der Waals surface area contributed by atoms with E-state index in [4.69, 9.17) is 4.74 Å². The minimum atomic E-state index is -0.666. The summed E-state index contributed by atoms with van der Waals surface area (Å²) in [7, 11) is 0. The van der Waals surface area contributed by atoms with Crippen molar-refractivity contribution in [2.45, 2.75) is 13.3 Å². The van der Waals surface area contributed by atoms with Crippen LogP contribution < -0.4 is 10.2 Å². The van der Waals surface area contributed by atoms with Crippen LogP contribution in [0.4, 0.5) is 15.8 Å². The molecule has 0 unspecified atom stereocenters. The average molecular weight is 449 g/mol. The number of ether oxygens (including phenoxy) is 1. The highest BCUT2D eigenvalue weighted by atomic mass is 79.9. The first-order valence-corrected chi connectivity index (χ1v) is 9.41. The van der Waals surface area contributed by atoms with Crippen LogP contribution in [0.25, 0.3) is 0 Å². The number of benzene rings is 2. The fraction of sp³-hybridized carbons (Fsp3) is 0.250. The smallest absolute Gasteiger partial charge is 0.311 e. The normalized spacial score (nSPS) is 16.2. The summed E-state index contributed by atoms with van der Waals surface area (Å²) < 4.78 is 19.0. The van der Waals surface area contributed by atoms with Crippen LogP contribution in [0.1, 0.15) is 12.0 Å². The van der Waals surface area contributed by atoms with Crippen LogP contribution >= 0.6 is 15.9 Å². The van der Waals surface area contributed by atoms with E-state index in [0.717, 1.165) is 10.0 Å². The van der Waals surface area contributed by atoms with Crippen molar-refractivity contribution in [2.24, 2.45) is 5.92 Å². The first-order chi connectivity index (χ1) is 13.3. The number of nitrogens with one attached hydrogen (secondary N) is 1. The topological polar surface area (TPSA) is 75.7 Å². The third-order valence-electron chi connectivity index (χ3n) is 4.38. The van der Waals surface area contributed by atoms with Gasteiger partial charge in [0.2, 0.25) is 5.91 Å². The summed E-state index contributed by atoms with van der Waals surface area (Å²) in [6, 6.07) is 10.8. The maximum Gasteiger partial charge on any atom is 0.311 e. The first kappa shape index (κ1) is 20.0. The van der Waals surface area contributed by atoms with Crippen molar-refractivity contribution in [1.29, 1.82) is 0 Å². The van der Waals surface area contributed by atoms with Gasteiger partial charge in [0.1, 0.15) is 5.82 Å². The number of rotatable bonds is 5. The number of carbonyl (C=O) groups excluding carboxylic acids is 3. The Hall–Kier alpha value is -2.74. The summed E-state index contributed by atoms with van der Waals surface area (Å²) in [5, 5.41) is 2.65. The minimum Gasteiger partial charge on any atom is -0.455 e. The van der Waals surface area contributed by atoms with Crippen molar-refractivity contribution in [3.05, 3.63) is 58.3 Å². The van der Waals surface area contributed by atoms with Crippen molar-refractivity contribution < 1.29 is 23.5 Å². The van der Waals surface area contributed by atoms with E-state index in [0.29, 0.717) is 11.4 Å². The van der Waals surface area contributed by atoms with E-state index in [1.165, 1.54) is 29.2 Å². The lowest BCUT2D eigenvalue weighted by molar-refractivity contribution is -0.151. The number of carbonyl (C=O) groups is 3. The van der Waals surface area contributed by atoms with E-state index in [2.05, 4.69) is 21.2 Å². The van der Waals surface area contributed by atoms with E-state index >= 15 is 0 Å². The largest absolute Gasteiger partial charge is 0.455 e. The predicted molar refractivity (Wildman–Crippen MR) is 105 cm³/mol. The predicted octanol–water partition coefficient (Wildman–Crippen LogP) is 3.43. The average Bonchev–Trinajstić information content (AvgIpc) is 3.05. The van der Waals surface area contributed by atoms with Crippen LogP contribution in [0.3, 0.4) is 0 Å². The van der Waals surface area contributed by atoms with Gasteiger partial charge in [-0.25, -0.2) is 4.39 Å². The van der Waals surface area contributed by atoms with E-state index in [-0.39, 0.29) is 18.9 Å². The van der Waals surface area contributed by atoms with Gasteiger partial charge in [0.15, 0.2) is 6.61 Å². The maximum absolute atomic E-state index is 13.0. The SMILES string of the molecule is Cc1cc(NC(=O)COC(=O)[C@@H]2CC(=O)N(c3ccc(F)cc3)C2)ccc1Br. The Labute approximate surface area is 169 Å². The molecule has 1 fully saturated rings. The quantitative estimate of drug-likeness (QED) is 0.710. The zero-order valence-electron chi connectivity index (χ0n) is 15.1. The van der Waals surface area contributed by atoms with Gasteiger partial charge in [0.05, 0.1) is 5.92 Å². The lowest BCUT2D eigenvalue weighted by Crippen LogP contribution is -2.28. The highest BCUT2D eigenvalue weighted by Crippen LogP contribution is 2.26. The minimum absolute atomic E-state index is 0.0102. The summed E-state index contributed by atoms with van der Waals surface area (Å²) in [5.74, 6) is -2.39. The highest BCUT2D eigenvalue weighted by Gasteiger charge is 2.36.